The minimum Gasteiger partial charge on any atom is -0.382 e. The summed E-state index contributed by atoms with van der Waals surface area (Å²) in [5.74, 6) is -4.45. The average molecular weight is 1020 g/mol. The van der Waals surface area contributed by atoms with Crippen molar-refractivity contribution in [2.24, 2.45) is 0 Å². The average Bonchev–Trinajstić information content (AvgIpc) is 3.60. The van der Waals surface area contributed by atoms with Crippen LogP contribution in [0.15, 0.2) is 71.7 Å². The Morgan fingerprint density at radius 1 is 0.781 bits per heavy atom. The molecule has 3 aliphatic heterocycles. The number of halogens is 4. The minimum absolute atomic E-state index is 0.0315. The lowest BCUT2D eigenvalue weighted by Gasteiger charge is -2.44. The van der Waals surface area contributed by atoms with Crippen LogP contribution in [0.25, 0.3) is 11.1 Å². The van der Waals surface area contributed by atoms with Crippen LogP contribution in [-0.2, 0) is 34.7 Å². The van der Waals surface area contributed by atoms with Crippen molar-refractivity contribution in [3.63, 3.8) is 0 Å². The summed E-state index contributed by atoms with van der Waals surface area (Å²) in [5.41, 5.74) is -1.24. The summed E-state index contributed by atoms with van der Waals surface area (Å²) < 4.78 is 79.7. The topological polar surface area (TPSA) is 218 Å². The van der Waals surface area contributed by atoms with Crippen LogP contribution in [0.2, 0.25) is 0 Å². The van der Waals surface area contributed by atoms with E-state index in [0.29, 0.717) is 81.7 Å². The molecular formula is C51H57F4N7O11. The number of imide groups is 2. The number of alkyl halides is 3. The van der Waals surface area contributed by atoms with Crippen molar-refractivity contribution in [1.29, 1.82) is 0 Å². The number of anilines is 3. The Balaban J connectivity index is 0.791. The highest BCUT2D eigenvalue weighted by Gasteiger charge is 2.45. The molecule has 4 aromatic rings. The number of likely N-dealkylation sites (N-methyl/N-ethyl adjacent to an activating group) is 1. The fourth-order valence-corrected chi connectivity index (χ4v) is 8.85. The normalized spacial score (nSPS) is 18.3. The van der Waals surface area contributed by atoms with E-state index in [2.05, 4.69) is 25.8 Å². The molecule has 7 rings (SSSR count). The lowest BCUT2D eigenvalue weighted by molar-refractivity contribution is -0.138. The van der Waals surface area contributed by atoms with Gasteiger partial charge < -0.3 is 39.5 Å². The predicted molar refractivity (Wildman–Crippen MR) is 259 cm³/mol. The molecule has 0 aliphatic carbocycles. The number of hydrogen-bond acceptors (Lipinski definition) is 14. The van der Waals surface area contributed by atoms with Crippen LogP contribution in [0.4, 0.5) is 34.6 Å². The number of piperidine rings is 1. The summed E-state index contributed by atoms with van der Waals surface area (Å²) in [6.45, 7) is 7.76. The Morgan fingerprint density at radius 3 is 2.11 bits per heavy atom. The first kappa shape index (κ1) is 53.9. The smallest absolute Gasteiger partial charge is 0.382 e. The molecule has 1 aromatic heterocycles. The van der Waals surface area contributed by atoms with Gasteiger partial charge in [0, 0.05) is 80.2 Å². The van der Waals surface area contributed by atoms with Crippen molar-refractivity contribution in [3.05, 3.63) is 111 Å². The third-order valence-corrected chi connectivity index (χ3v) is 12.9. The molecule has 0 spiro atoms. The number of ether oxygens (including phenoxy) is 4. The second-order valence-electron chi connectivity index (χ2n) is 17.8. The lowest BCUT2D eigenvalue weighted by atomic mass is 9.98. The van der Waals surface area contributed by atoms with Crippen LogP contribution in [0.1, 0.15) is 86.5 Å². The van der Waals surface area contributed by atoms with Gasteiger partial charge in [0.05, 0.1) is 79.9 Å². The van der Waals surface area contributed by atoms with Gasteiger partial charge in [-0.2, -0.15) is 13.2 Å². The molecule has 4 heterocycles. The molecule has 2 saturated heterocycles. The van der Waals surface area contributed by atoms with Gasteiger partial charge in [-0.25, -0.2) is 4.39 Å². The molecule has 3 aromatic carbocycles. The molecule has 1 unspecified atom stereocenters. The number of nitrogens with one attached hydrogen (secondary N) is 4. The zero-order valence-corrected chi connectivity index (χ0v) is 40.5. The number of benzene rings is 3. The maximum Gasteiger partial charge on any atom is 0.417 e. The fourth-order valence-electron chi connectivity index (χ4n) is 8.85. The van der Waals surface area contributed by atoms with E-state index in [4.69, 9.17) is 18.9 Å². The molecule has 18 nitrogen and oxygen atoms in total. The number of aromatic amines is 1. The van der Waals surface area contributed by atoms with Crippen LogP contribution in [0.3, 0.4) is 0 Å². The summed E-state index contributed by atoms with van der Waals surface area (Å²) in [6, 6.07) is 13.1. The third kappa shape index (κ3) is 13.2. The minimum atomic E-state index is -4.99. The van der Waals surface area contributed by atoms with Crippen molar-refractivity contribution in [2.75, 3.05) is 95.1 Å². The molecule has 73 heavy (non-hydrogen) atoms. The van der Waals surface area contributed by atoms with Gasteiger partial charge in [-0.3, -0.25) is 48.7 Å². The van der Waals surface area contributed by atoms with E-state index in [1.165, 1.54) is 24.3 Å². The van der Waals surface area contributed by atoms with Crippen LogP contribution in [0.5, 0.6) is 0 Å². The second-order valence-corrected chi connectivity index (χ2v) is 17.8. The van der Waals surface area contributed by atoms with Crippen LogP contribution in [-0.4, -0.2) is 148 Å². The first-order chi connectivity index (χ1) is 34.9. The predicted octanol–water partition coefficient (Wildman–Crippen LogP) is 5.52. The van der Waals surface area contributed by atoms with Crippen molar-refractivity contribution < 1.29 is 65.3 Å². The number of nitrogens with zero attached hydrogens (tertiary/aromatic N) is 3. The molecule has 2 fully saturated rings. The number of aromatic nitrogens is 1. The van der Waals surface area contributed by atoms with E-state index in [0.717, 1.165) is 11.0 Å². The second kappa shape index (κ2) is 24.2. The molecular weight excluding hydrogens is 963 g/mol. The van der Waals surface area contributed by atoms with Gasteiger partial charge in [0.25, 0.3) is 17.7 Å². The SMILES string of the molecule is C[C@@H]1CN(c2ccc(-c3ccc(C(=O)CCCOCCOCCOCCOCCNc4cccc5c4C(=O)N(C4CCC(=O)NC4=O)C5=O)cc3F)cc2NC(=O)c2c[nH]c(=O)cc2C(F)(F)F)C[C@H](C)N1C. The highest BCUT2D eigenvalue weighted by molar-refractivity contribution is 6.25. The largest absolute Gasteiger partial charge is 0.417 e. The number of fused-ring (bicyclic) bond motifs is 1. The zero-order valence-electron chi connectivity index (χ0n) is 40.5. The van der Waals surface area contributed by atoms with E-state index in [1.54, 1.807) is 24.3 Å². The molecule has 0 saturated carbocycles. The summed E-state index contributed by atoms with van der Waals surface area (Å²) in [6.07, 6.45) is -3.72. The maximum absolute atomic E-state index is 15.8. The molecule has 4 N–H and O–H groups in total. The number of Topliss-reactive ketones (excluding diaryl/α,β-unsaturated/α-hetero) is 1. The molecule has 3 aliphatic rings. The lowest BCUT2D eigenvalue weighted by Crippen LogP contribution is -2.55. The Hall–Kier alpha value is -6.85. The highest BCUT2D eigenvalue weighted by Crippen LogP contribution is 2.37. The van der Waals surface area contributed by atoms with Crippen molar-refractivity contribution in [2.45, 2.75) is 63.8 Å². The molecule has 390 valence electrons. The van der Waals surface area contributed by atoms with Gasteiger partial charge in [-0.05, 0) is 69.6 Å². The molecule has 0 radical (unpaired) electrons. The quantitative estimate of drug-likeness (QED) is 0.0311. The summed E-state index contributed by atoms with van der Waals surface area (Å²) in [5, 5.41) is 7.88. The first-order valence-electron chi connectivity index (χ1n) is 23.9. The number of carbonyl (C=O) groups is 6. The van der Waals surface area contributed by atoms with Crippen molar-refractivity contribution >= 4 is 52.4 Å². The van der Waals surface area contributed by atoms with Crippen molar-refractivity contribution in [3.8, 4) is 11.1 Å². The number of hydrogen-bond donors (Lipinski definition) is 4. The molecule has 22 heteroatoms. The molecule has 0 bridgehead atoms. The van der Waals surface area contributed by atoms with Crippen molar-refractivity contribution in [1.82, 2.24) is 20.1 Å². The van der Waals surface area contributed by atoms with Gasteiger partial charge in [-0.1, -0.05) is 24.3 Å². The maximum atomic E-state index is 15.8. The Kier molecular flexibility index (Phi) is 17.9. The first-order valence-corrected chi connectivity index (χ1v) is 23.9. The number of amides is 5. The van der Waals surface area contributed by atoms with Gasteiger partial charge in [-0.15, -0.1) is 0 Å². The van der Waals surface area contributed by atoms with Gasteiger partial charge in [0.2, 0.25) is 17.4 Å². The zero-order chi connectivity index (χ0) is 52.4. The summed E-state index contributed by atoms with van der Waals surface area (Å²) in [4.78, 5) is 95.7. The number of carbonyl (C=O) groups excluding carboxylic acids is 6. The van der Waals surface area contributed by atoms with E-state index < -0.39 is 64.3 Å². The van der Waals surface area contributed by atoms with Gasteiger partial charge in [0.15, 0.2) is 5.78 Å². The van der Waals surface area contributed by atoms with Gasteiger partial charge in [0.1, 0.15) is 11.9 Å². The van der Waals surface area contributed by atoms with Crippen LogP contribution >= 0.6 is 0 Å². The number of pyridine rings is 1. The molecule has 5 amide bonds. The number of piperazine rings is 1. The third-order valence-electron chi connectivity index (χ3n) is 12.9. The van der Waals surface area contributed by atoms with Crippen LogP contribution in [0, 0.1) is 5.82 Å². The van der Waals surface area contributed by atoms with E-state index >= 15 is 4.39 Å². The number of H-pyrrole nitrogens is 1. The summed E-state index contributed by atoms with van der Waals surface area (Å²) >= 11 is 0. The standard InChI is InChI=1S/C51H57F4N7O11/c1-30-28-61(29-31(2)60(30)3)41-12-10-32(25-40(41)58-47(66)36-27-57-45(65)26-37(36)51(53,54)55)34-11-9-33(24-38(34)52)43(63)8-5-16-70-18-20-72-22-23-73-21-19-71-17-15-56-39-7-4-6-35-46(39)50(69)62(49(35)68)42-13-14-44(64)59-48(42)67/h4,6-7,9-12,24-27,30-31,42,56H,5,8,13-23,28-29H2,1-3H3,(H,57,65)(H,58,66)(H,59,64,67)/t30-,31+,42?. The van der Waals surface area contributed by atoms with E-state index in [1.807, 2.05) is 25.8 Å². The number of ketones is 1. The Labute approximate surface area is 417 Å². The molecule has 3 atom stereocenters. The Bertz CT molecular complexity index is 2760. The number of rotatable bonds is 23. The fraction of sp³-hybridized carbons (Fsp3) is 0.431. The Morgan fingerprint density at radius 2 is 1.45 bits per heavy atom. The van der Waals surface area contributed by atoms with E-state index in [9.17, 15) is 46.7 Å². The van der Waals surface area contributed by atoms with E-state index in [-0.39, 0.29) is 91.5 Å². The highest BCUT2D eigenvalue weighted by atomic mass is 19.4. The van der Waals surface area contributed by atoms with Crippen LogP contribution < -0.4 is 26.4 Å². The summed E-state index contributed by atoms with van der Waals surface area (Å²) in [7, 11) is 1.99. The monoisotopic (exact) mass is 1020 g/mol. The van der Waals surface area contributed by atoms with Gasteiger partial charge >= 0.3 is 6.18 Å².